The van der Waals surface area contributed by atoms with E-state index in [9.17, 15) is 4.79 Å². The fourth-order valence-corrected chi connectivity index (χ4v) is 1.62. The Hall–Kier alpha value is -1.19. The molecule has 1 unspecified atom stereocenters. The standard InChI is InChI=1S/C10H18N2O2/c1-14-10(13)12-7-6-8-2-4-9(11)5-3-8/h4,8H,2-3,5-7,11H2,1H3,(H,12,13). The van der Waals surface area contributed by atoms with Crippen LogP contribution < -0.4 is 11.1 Å². The zero-order chi connectivity index (χ0) is 10.4. The van der Waals surface area contributed by atoms with Crippen molar-refractivity contribution < 1.29 is 9.53 Å². The Morgan fingerprint density at radius 2 is 2.57 bits per heavy atom. The molecule has 0 bridgehead atoms. The molecule has 0 heterocycles. The average Bonchev–Trinajstić information content (AvgIpc) is 2.21. The summed E-state index contributed by atoms with van der Waals surface area (Å²) in [6, 6.07) is 0. The third kappa shape index (κ3) is 3.68. The highest BCUT2D eigenvalue weighted by molar-refractivity contribution is 5.66. The Labute approximate surface area is 84.5 Å². The Morgan fingerprint density at radius 1 is 1.79 bits per heavy atom. The number of amides is 1. The molecule has 4 heteroatoms. The van der Waals surface area contributed by atoms with E-state index in [4.69, 9.17) is 5.73 Å². The topological polar surface area (TPSA) is 64.3 Å². The van der Waals surface area contributed by atoms with E-state index in [-0.39, 0.29) is 6.09 Å². The fourth-order valence-electron chi connectivity index (χ4n) is 1.62. The summed E-state index contributed by atoms with van der Waals surface area (Å²) in [6.45, 7) is 0.686. The normalized spacial score (nSPS) is 21.2. The van der Waals surface area contributed by atoms with Gasteiger partial charge in [-0.2, -0.15) is 0 Å². The van der Waals surface area contributed by atoms with Crippen molar-refractivity contribution in [1.29, 1.82) is 0 Å². The van der Waals surface area contributed by atoms with Crippen LogP contribution in [-0.2, 0) is 4.74 Å². The third-order valence-corrected chi connectivity index (χ3v) is 2.56. The zero-order valence-electron chi connectivity index (χ0n) is 8.58. The summed E-state index contributed by atoms with van der Waals surface area (Å²) in [5, 5.41) is 2.68. The summed E-state index contributed by atoms with van der Waals surface area (Å²) in [5.41, 5.74) is 6.67. The monoisotopic (exact) mass is 198 g/mol. The van der Waals surface area contributed by atoms with Crippen LogP contribution in [0.2, 0.25) is 0 Å². The lowest BCUT2D eigenvalue weighted by Gasteiger charge is -2.19. The number of nitrogens with two attached hydrogens (primary N) is 1. The average molecular weight is 198 g/mol. The highest BCUT2D eigenvalue weighted by atomic mass is 16.5. The Kier molecular flexibility index (Phi) is 4.29. The lowest BCUT2D eigenvalue weighted by Crippen LogP contribution is -2.26. The molecule has 1 atom stereocenters. The van der Waals surface area contributed by atoms with Crippen LogP contribution in [0.1, 0.15) is 25.7 Å². The number of carbonyl (C=O) groups excluding carboxylic acids is 1. The molecular formula is C10H18N2O2. The van der Waals surface area contributed by atoms with Crippen LogP contribution >= 0.6 is 0 Å². The molecule has 0 aliphatic heterocycles. The number of carbonyl (C=O) groups is 1. The molecule has 0 radical (unpaired) electrons. The number of ether oxygens (including phenoxy) is 1. The first-order valence-corrected chi connectivity index (χ1v) is 4.98. The quantitative estimate of drug-likeness (QED) is 0.720. The molecule has 14 heavy (non-hydrogen) atoms. The number of nitrogens with one attached hydrogen (secondary N) is 1. The smallest absolute Gasteiger partial charge is 0.406 e. The highest BCUT2D eigenvalue weighted by Crippen LogP contribution is 2.23. The largest absolute Gasteiger partial charge is 0.453 e. The van der Waals surface area contributed by atoms with Gasteiger partial charge in [-0.3, -0.25) is 0 Å². The number of methoxy groups -OCH3 is 1. The van der Waals surface area contributed by atoms with Crippen molar-refractivity contribution in [3.63, 3.8) is 0 Å². The second-order valence-corrected chi connectivity index (χ2v) is 3.63. The highest BCUT2D eigenvalue weighted by Gasteiger charge is 2.12. The van der Waals surface area contributed by atoms with Crippen molar-refractivity contribution >= 4 is 6.09 Å². The van der Waals surface area contributed by atoms with Crippen LogP contribution in [0.25, 0.3) is 0 Å². The maximum Gasteiger partial charge on any atom is 0.406 e. The summed E-state index contributed by atoms with van der Waals surface area (Å²) in [5.74, 6) is 0.652. The Balaban J connectivity index is 2.11. The second kappa shape index (κ2) is 5.52. The minimum Gasteiger partial charge on any atom is -0.453 e. The summed E-state index contributed by atoms with van der Waals surface area (Å²) >= 11 is 0. The summed E-state index contributed by atoms with van der Waals surface area (Å²) in [4.78, 5) is 10.7. The minimum absolute atomic E-state index is 0.351. The second-order valence-electron chi connectivity index (χ2n) is 3.63. The molecule has 1 rings (SSSR count). The van der Waals surface area contributed by atoms with Crippen molar-refractivity contribution in [3.05, 3.63) is 11.8 Å². The van der Waals surface area contributed by atoms with Gasteiger partial charge >= 0.3 is 6.09 Å². The molecule has 0 saturated carbocycles. The molecule has 0 aromatic heterocycles. The van der Waals surface area contributed by atoms with Gasteiger partial charge in [-0.05, 0) is 31.6 Å². The van der Waals surface area contributed by atoms with Crippen molar-refractivity contribution in [3.8, 4) is 0 Å². The van der Waals surface area contributed by atoms with E-state index in [0.29, 0.717) is 12.5 Å². The molecule has 1 amide bonds. The summed E-state index contributed by atoms with van der Waals surface area (Å²) < 4.78 is 4.47. The maximum absolute atomic E-state index is 10.7. The lowest BCUT2D eigenvalue weighted by atomic mass is 9.90. The van der Waals surface area contributed by atoms with Crippen LogP contribution in [0.5, 0.6) is 0 Å². The molecule has 0 aromatic carbocycles. The summed E-state index contributed by atoms with van der Waals surface area (Å²) in [6.07, 6.45) is 5.89. The first-order chi connectivity index (χ1) is 6.72. The first-order valence-electron chi connectivity index (χ1n) is 4.98. The van der Waals surface area contributed by atoms with Gasteiger partial charge in [-0.25, -0.2) is 4.79 Å². The van der Waals surface area contributed by atoms with Crippen LogP contribution in [0.15, 0.2) is 11.8 Å². The van der Waals surface area contributed by atoms with Gasteiger partial charge in [-0.15, -0.1) is 0 Å². The Morgan fingerprint density at radius 3 is 3.14 bits per heavy atom. The van der Waals surface area contributed by atoms with Gasteiger partial charge < -0.3 is 15.8 Å². The van der Waals surface area contributed by atoms with E-state index in [0.717, 1.165) is 31.4 Å². The van der Waals surface area contributed by atoms with Crippen molar-refractivity contribution in [1.82, 2.24) is 5.32 Å². The Bertz CT molecular complexity index is 226. The van der Waals surface area contributed by atoms with Gasteiger partial charge in [0, 0.05) is 12.2 Å². The summed E-state index contributed by atoms with van der Waals surface area (Å²) in [7, 11) is 1.37. The van der Waals surface area contributed by atoms with Gasteiger partial charge in [0.2, 0.25) is 0 Å². The van der Waals surface area contributed by atoms with Gasteiger partial charge in [0.1, 0.15) is 0 Å². The molecule has 1 aliphatic rings. The van der Waals surface area contributed by atoms with Gasteiger partial charge in [-0.1, -0.05) is 6.08 Å². The van der Waals surface area contributed by atoms with Crippen molar-refractivity contribution in [2.24, 2.45) is 11.7 Å². The first kappa shape index (κ1) is 10.9. The third-order valence-electron chi connectivity index (χ3n) is 2.56. The number of hydrogen-bond donors (Lipinski definition) is 2. The van der Waals surface area contributed by atoms with Crippen LogP contribution in [-0.4, -0.2) is 19.7 Å². The molecule has 1 aliphatic carbocycles. The van der Waals surface area contributed by atoms with E-state index in [2.05, 4.69) is 16.1 Å². The van der Waals surface area contributed by atoms with Gasteiger partial charge in [0.15, 0.2) is 0 Å². The van der Waals surface area contributed by atoms with Crippen LogP contribution in [0.3, 0.4) is 0 Å². The van der Waals surface area contributed by atoms with E-state index in [1.54, 1.807) is 0 Å². The number of rotatable bonds is 3. The predicted molar refractivity (Wildman–Crippen MR) is 54.6 cm³/mol. The molecule has 3 N–H and O–H groups in total. The van der Waals surface area contributed by atoms with E-state index in [1.807, 2.05) is 0 Å². The maximum atomic E-state index is 10.7. The SMILES string of the molecule is COC(=O)NCCC1CC=C(N)CC1. The van der Waals surface area contributed by atoms with E-state index in [1.165, 1.54) is 7.11 Å². The molecule has 0 spiro atoms. The molecule has 0 saturated heterocycles. The van der Waals surface area contributed by atoms with E-state index >= 15 is 0 Å². The molecular weight excluding hydrogens is 180 g/mol. The van der Waals surface area contributed by atoms with Crippen LogP contribution in [0.4, 0.5) is 4.79 Å². The predicted octanol–water partition coefficient (Wildman–Crippen LogP) is 1.38. The number of hydrogen-bond acceptors (Lipinski definition) is 3. The number of alkyl carbamates (subject to hydrolysis) is 1. The van der Waals surface area contributed by atoms with Crippen molar-refractivity contribution in [2.75, 3.05) is 13.7 Å². The molecule has 80 valence electrons. The van der Waals surface area contributed by atoms with E-state index < -0.39 is 0 Å². The van der Waals surface area contributed by atoms with Gasteiger partial charge in [0.25, 0.3) is 0 Å². The van der Waals surface area contributed by atoms with Crippen LogP contribution in [0, 0.1) is 5.92 Å². The van der Waals surface area contributed by atoms with Crippen molar-refractivity contribution in [2.45, 2.75) is 25.7 Å². The molecule has 4 nitrogen and oxygen atoms in total. The minimum atomic E-state index is -0.351. The van der Waals surface area contributed by atoms with Gasteiger partial charge in [0.05, 0.1) is 7.11 Å². The fraction of sp³-hybridized carbons (Fsp3) is 0.700. The lowest BCUT2D eigenvalue weighted by molar-refractivity contribution is 0.170. The zero-order valence-corrected chi connectivity index (χ0v) is 8.58. The molecule has 0 fully saturated rings. The molecule has 0 aromatic rings. The number of allylic oxidation sites excluding steroid dienone is 2.